The molecule has 0 spiro atoms. The van der Waals surface area contributed by atoms with E-state index < -0.39 is 0 Å². The molecule has 2 aliphatic heterocycles. The molecular formula is C22H30N2O3. The van der Waals surface area contributed by atoms with Crippen molar-refractivity contribution in [3.8, 4) is 5.75 Å². The molecule has 5 heteroatoms. The molecule has 0 aromatic heterocycles. The molecule has 2 amide bonds. The molecule has 0 bridgehead atoms. The van der Waals surface area contributed by atoms with Crippen LogP contribution in [0.5, 0.6) is 5.75 Å². The van der Waals surface area contributed by atoms with E-state index in [0.29, 0.717) is 18.9 Å². The van der Waals surface area contributed by atoms with E-state index in [4.69, 9.17) is 4.74 Å². The molecular weight excluding hydrogens is 340 g/mol. The maximum absolute atomic E-state index is 12.9. The van der Waals surface area contributed by atoms with E-state index >= 15 is 0 Å². The summed E-state index contributed by atoms with van der Waals surface area (Å²) in [5, 5.41) is 0. The lowest BCUT2D eigenvalue weighted by Gasteiger charge is -2.34. The van der Waals surface area contributed by atoms with E-state index in [1.54, 1.807) is 0 Å². The molecule has 3 fully saturated rings. The fourth-order valence-corrected chi connectivity index (χ4v) is 4.33. The third-order valence-corrected chi connectivity index (χ3v) is 6.19. The Hall–Kier alpha value is -2.04. The van der Waals surface area contributed by atoms with Crippen molar-refractivity contribution >= 4 is 11.8 Å². The fraction of sp³-hybridized carbons (Fsp3) is 0.636. The van der Waals surface area contributed by atoms with Crippen molar-refractivity contribution in [2.45, 2.75) is 52.1 Å². The number of amides is 2. The Morgan fingerprint density at radius 2 is 1.78 bits per heavy atom. The van der Waals surface area contributed by atoms with Crippen LogP contribution < -0.4 is 4.74 Å². The smallest absolute Gasteiger partial charge is 0.227 e. The molecule has 3 aliphatic rings. The maximum Gasteiger partial charge on any atom is 0.227 e. The average molecular weight is 370 g/mol. The third-order valence-electron chi connectivity index (χ3n) is 6.19. The number of ether oxygens (including phenoxy) is 1. The number of hydrogen-bond acceptors (Lipinski definition) is 3. The number of likely N-dealkylation sites (tertiary alicyclic amines) is 2. The van der Waals surface area contributed by atoms with Gasteiger partial charge in [-0.3, -0.25) is 9.59 Å². The van der Waals surface area contributed by atoms with Crippen LogP contribution in [0.1, 0.15) is 43.2 Å². The van der Waals surface area contributed by atoms with Gasteiger partial charge in [0.15, 0.2) is 0 Å². The molecule has 146 valence electrons. The lowest BCUT2D eigenvalue weighted by atomic mass is 10.0. The topological polar surface area (TPSA) is 49.9 Å². The average Bonchev–Trinajstić information content (AvgIpc) is 3.40. The minimum Gasteiger partial charge on any atom is -0.490 e. The van der Waals surface area contributed by atoms with Crippen LogP contribution in [0.15, 0.2) is 18.2 Å². The number of aryl methyl sites for hydroxylation is 2. The van der Waals surface area contributed by atoms with Crippen LogP contribution in [0.2, 0.25) is 0 Å². The summed E-state index contributed by atoms with van der Waals surface area (Å²) in [4.78, 5) is 28.9. The van der Waals surface area contributed by atoms with Crippen LogP contribution >= 0.6 is 0 Å². The minimum atomic E-state index is -0.146. The lowest BCUT2D eigenvalue weighted by Crippen LogP contribution is -2.45. The van der Waals surface area contributed by atoms with E-state index in [0.717, 1.165) is 49.4 Å². The largest absolute Gasteiger partial charge is 0.490 e. The Morgan fingerprint density at radius 3 is 2.41 bits per heavy atom. The van der Waals surface area contributed by atoms with Gasteiger partial charge in [0.2, 0.25) is 11.8 Å². The van der Waals surface area contributed by atoms with Crippen LogP contribution in [-0.2, 0) is 9.59 Å². The Labute approximate surface area is 161 Å². The van der Waals surface area contributed by atoms with Crippen molar-refractivity contribution in [1.29, 1.82) is 0 Å². The van der Waals surface area contributed by atoms with Crippen LogP contribution in [0.4, 0.5) is 0 Å². The summed E-state index contributed by atoms with van der Waals surface area (Å²) in [5.74, 6) is 1.84. The molecule has 0 radical (unpaired) electrons. The van der Waals surface area contributed by atoms with Gasteiger partial charge >= 0.3 is 0 Å². The highest BCUT2D eigenvalue weighted by molar-refractivity contribution is 5.89. The second kappa shape index (κ2) is 7.53. The SMILES string of the molecule is Cc1cccc(C)c1OC1CCN(C(=O)[C@H]2CC(=O)N(CC3CC3)C2)CC1. The molecule has 2 heterocycles. The number of nitrogens with zero attached hydrogens (tertiary/aromatic N) is 2. The summed E-state index contributed by atoms with van der Waals surface area (Å²) >= 11 is 0. The van der Waals surface area contributed by atoms with Crippen LogP contribution in [0, 0.1) is 25.7 Å². The first-order valence-corrected chi connectivity index (χ1v) is 10.3. The summed E-state index contributed by atoms with van der Waals surface area (Å²) in [7, 11) is 0. The molecule has 1 saturated carbocycles. The van der Waals surface area contributed by atoms with Crippen molar-refractivity contribution < 1.29 is 14.3 Å². The van der Waals surface area contributed by atoms with Crippen LogP contribution in [0.3, 0.4) is 0 Å². The molecule has 1 atom stereocenters. The predicted octanol–water partition coefficient (Wildman–Crippen LogP) is 2.93. The van der Waals surface area contributed by atoms with Crippen molar-refractivity contribution in [3.63, 3.8) is 0 Å². The molecule has 0 N–H and O–H groups in total. The normalized spacial score (nSPS) is 23.8. The van der Waals surface area contributed by atoms with Gasteiger partial charge in [-0.2, -0.15) is 0 Å². The number of hydrogen-bond donors (Lipinski definition) is 0. The van der Waals surface area contributed by atoms with Crippen molar-refractivity contribution in [3.05, 3.63) is 29.3 Å². The Morgan fingerprint density at radius 1 is 1.11 bits per heavy atom. The van der Waals surface area contributed by atoms with Gasteiger partial charge in [0.25, 0.3) is 0 Å². The Bertz CT molecular complexity index is 700. The van der Waals surface area contributed by atoms with E-state index in [1.165, 1.54) is 12.8 Å². The monoisotopic (exact) mass is 370 g/mol. The predicted molar refractivity (Wildman–Crippen MR) is 104 cm³/mol. The van der Waals surface area contributed by atoms with Gasteiger partial charge in [-0.05, 0) is 43.7 Å². The summed E-state index contributed by atoms with van der Waals surface area (Å²) < 4.78 is 6.25. The zero-order valence-electron chi connectivity index (χ0n) is 16.4. The first-order chi connectivity index (χ1) is 13.0. The number of piperidine rings is 1. The second-order valence-electron chi connectivity index (χ2n) is 8.51. The van der Waals surface area contributed by atoms with Gasteiger partial charge in [0.1, 0.15) is 11.9 Å². The van der Waals surface area contributed by atoms with Gasteiger partial charge in [0, 0.05) is 45.4 Å². The number of benzene rings is 1. The van der Waals surface area contributed by atoms with Crippen molar-refractivity contribution in [2.75, 3.05) is 26.2 Å². The standard InChI is InChI=1S/C22H30N2O3/c1-15-4-3-5-16(2)21(15)27-19-8-10-23(11-9-19)22(26)18-12-20(25)24(14-18)13-17-6-7-17/h3-5,17-19H,6-14H2,1-2H3/t18-/m0/s1. The van der Waals surface area contributed by atoms with E-state index in [2.05, 4.69) is 26.0 Å². The number of rotatable bonds is 5. The molecule has 1 aromatic carbocycles. The first-order valence-electron chi connectivity index (χ1n) is 10.3. The second-order valence-corrected chi connectivity index (χ2v) is 8.51. The number of para-hydroxylation sites is 1. The molecule has 1 aromatic rings. The Kier molecular flexibility index (Phi) is 5.11. The van der Waals surface area contributed by atoms with E-state index in [-0.39, 0.29) is 23.8 Å². The Balaban J connectivity index is 1.29. The molecule has 5 nitrogen and oxygen atoms in total. The quantitative estimate of drug-likeness (QED) is 0.801. The summed E-state index contributed by atoms with van der Waals surface area (Å²) in [6.07, 6.45) is 4.72. The summed E-state index contributed by atoms with van der Waals surface area (Å²) in [6, 6.07) is 6.20. The van der Waals surface area contributed by atoms with Gasteiger partial charge in [0.05, 0.1) is 5.92 Å². The molecule has 27 heavy (non-hydrogen) atoms. The minimum absolute atomic E-state index is 0.146. The van der Waals surface area contributed by atoms with Crippen LogP contribution in [-0.4, -0.2) is 53.9 Å². The zero-order chi connectivity index (χ0) is 19.0. The number of carbonyl (C=O) groups excluding carboxylic acids is 2. The first kappa shape index (κ1) is 18.3. The lowest BCUT2D eigenvalue weighted by molar-refractivity contribution is -0.137. The summed E-state index contributed by atoms with van der Waals surface area (Å²) in [5.41, 5.74) is 2.32. The van der Waals surface area contributed by atoms with Gasteiger partial charge in [-0.1, -0.05) is 18.2 Å². The fourth-order valence-electron chi connectivity index (χ4n) is 4.33. The van der Waals surface area contributed by atoms with Gasteiger partial charge < -0.3 is 14.5 Å². The van der Waals surface area contributed by atoms with E-state index in [1.807, 2.05) is 15.9 Å². The molecule has 2 saturated heterocycles. The van der Waals surface area contributed by atoms with Gasteiger partial charge in [-0.15, -0.1) is 0 Å². The molecule has 1 aliphatic carbocycles. The van der Waals surface area contributed by atoms with Crippen LogP contribution in [0.25, 0.3) is 0 Å². The molecule has 4 rings (SSSR count). The van der Waals surface area contributed by atoms with Crippen molar-refractivity contribution in [1.82, 2.24) is 9.80 Å². The maximum atomic E-state index is 12.9. The van der Waals surface area contributed by atoms with E-state index in [9.17, 15) is 9.59 Å². The number of carbonyl (C=O) groups is 2. The van der Waals surface area contributed by atoms with Crippen molar-refractivity contribution in [2.24, 2.45) is 11.8 Å². The molecule has 0 unspecified atom stereocenters. The highest BCUT2D eigenvalue weighted by atomic mass is 16.5. The van der Waals surface area contributed by atoms with Gasteiger partial charge in [-0.25, -0.2) is 0 Å². The summed E-state index contributed by atoms with van der Waals surface area (Å²) in [6.45, 7) is 7.07. The zero-order valence-corrected chi connectivity index (χ0v) is 16.4. The highest BCUT2D eigenvalue weighted by Crippen LogP contribution is 2.33. The third kappa shape index (κ3) is 4.12. The highest BCUT2D eigenvalue weighted by Gasteiger charge is 2.39.